The van der Waals surface area contributed by atoms with Gasteiger partial charge in [-0.2, -0.15) is 4.98 Å². The van der Waals surface area contributed by atoms with Crippen molar-refractivity contribution >= 4 is 5.78 Å². The fourth-order valence-corrected chi connectivity index (χ4v) is 2.82. The number of phenols is 1. The number of carbonyl (C=O) groups excluding carboxylic acids is 1. The van der Waals surface area contributed by atoms with Crippen molar-refractivity contribution in [3.8, 4) is 11.6 Å². The van der Waals surface area contributed by atoms with Crippen LogP contribution in [0.25, 0.3) is 0 Å². The highest BCUT2D eigenvalue weighted by molar-refractivity contribution is 5.97. The number of aromatic nitrogens is 2. The molecule has 144 valence electrons. The number of ketones is 1. The molecule has 1 aliphatic heterocycles. The summed E-state index contributed by atoms with van der Waals surface area (Å²) in [5, 5.41) is 28.2. The third kappa shape index (κ3) is 4.16. The first-order valence-corrected chi connectivity index (χ1v) is 8.38. The molecule has 1 fully saturated rings. The highest BCUT2D eigenvalue weighted by Crippen LogP contribution is 2.28. The lowest BCUT2D eigenvalue weighted by Crippen LogP contribution is -2.29. The van der Waals surface area contributed by atoms with Crippen molar-refractivity contribution < 1.29 is 29.6 Å². The molecule has 9 nitrogen and oxygen atoms in total. The maximum atomic E-state index is 12.3. The molecule has 0 amide bonds. The van der Waals surface area contributed by atoms with Crippen LogP contribution in [-0.2, 0) is 4.74 Å². The maximum absolute atomic E-state index is 12.3. The molecule has 1 aliphatic rings. The summed E-state index contributed by atoms with van der Waals surface area (Å²) in [4.78, 5) is 28.2. The van der Waals surface area contributed by atoms with Gasteiger partial charge in [0, 0.05) is 23.7 Å². The van der Waals surface area contributed by atoms with Gasteiger partial charge >= 0.3 is 5.69 Å². The van der Waals surface area contributed by atoms with E-state index in [0.29, 0.717) is 11.1 Å². The summed E-state index contributed by atoms with van der Waals surface area (Å²) in [7, 11) is 0. The SMILES string of the molecule is Cc1cn([C@H]2C[C@H](O)[C@@H](CO)O2)c(=O)nc1OCC(=O)c1ccc(O)cc1. The Morgan fingerprint density at radius 2 is 2.07 bits per heavy atom. The van der Waals surface area contributed by atoms with Crippen molar-refractivity contribution in [3.05, 3.63) is 52.1 Å². The number of aliphatic hydroxyl groups excluding tert-OH is 2. The lowest BCUT2D eigenvalue weighted by atomic mass is 10.1. The molecule has 1 aromatic carbocycles. The van der Waals surface area contributed by atoms with E-state index in [-0.39, 0.29) is 37.0 Å². The molecule has 2 heterocycles. The summed E-state index contributed by atoms with van der Waals surface area (Å²) in [5.74, 6) is -0.245. The van der Waals surface area contributed by atoms with Crippen LogP contribution in [0.1, 0.15) is 28.6 Å². The summed E-state index contributed by atoms with van der Waals surface area (Å²) < 4.78 is 12.1. The Hall–Kier alpha value is -2.75. The van der Waals surface area contributed by atoms with Gasteiger partial charge in [-0.3, -0.25) is 9.36 Å². The molecule has 0 bridgehead atoms. The van der Waals surface area contributed by atoms with E-state index < -0.39 is 24.1 Å². The number of Topliss-reactive ketones (excluding diaryl/α,β-unsaturated/α-hetero) is 1. The summed E-state index contributed by atoms with van der Waals surface area (Å²) in [6, 6.07) is 5.74. The second-order valence-electron chi connectivity index (χ2n) is 6.29. The molecule has 0 unspecified atom stereocenters. The molecule has 0 aliphatic carbocycles. The van der Waals surface area contributed by atoms with Crippen molar-refractivity contribution in [3.63, 3.8) is 0 Å². The predicted molar refractivity (Wildman–Crippen MR) is 92.8 cm³/mol. The van der Waals surface area contributed by atoms with Gasteiger partial charge in [0.1, 0.15) is 18.1 Å². The number of hydrogen-bond donors (Lipinski definition) is 3. The predicted octanol–water partition coefficient (Wildman–Crippen LogP) is 0.160. The minimum atomic E-state index is -0.869. The van der Waals surface area contributed by atoms with Gasteiger partial charge in [-0.05, 0) is 31.2 Å². The third-order valence-electron chi connectivity index (χ3n) is 4.31. The van der Waals surface area contributed by atoms with Crippen molar-refractivity contribution in [1.82, 2.24) is 9.55 Å². The first-order valence-electron chi connectivity index (χ1n) is 8.38. The Bertz CT molecular complexity index is 878. The number of aliphatic hydroxyl groups is 2. The average Bonchev–Trinajstić information content (AvgIpc) is 3.03. The molecule has 3 atom stereocenters. The minimum Gasteiger partial charge on any atom is -0.508 e. The normalized spacial score (nSPS) is 22.0. The third-order valence-corrected chi connectivity index (χ3v) is 4.31. The minimum absolute atomic E-state index is 0.0284. The Labute approximate surface area is 154 Å². The van der Waals surface area contributed by atoms with Crippen LogP contribution in [0.4, 0.5) is 0 Å². The van der Waals surface area contributed by atoms with Gasteiger partial charge in [-0.25, -0.2) is 4.79 Å². The van der Waals surface area contributed by atoms with Crippen molar-refractivity contribution in [2.45, 2.75) is 31.8 Å². The smallest absolute Gasteiger partial charge is 0.352 e. The molecule has 3 N–H and O–H groups in total. The van der Waals surface area contributed by atoms with E-state index >= 15 is 0 Å². The Morgan fingerprint density at radius 3 is 2.70 bits per heavy atom. The monoisotopic (exact) mass is 376 g/mol. The molecule has 2 aromatic rings. The summed E-state index contributed by atoms with van der Waals surface area (Å²) >= 11 is 0. The van der Waals surface area contributed by atoms with E-state index in [2.05, 4.69) is 4.98 Å². The molecule has 1 saturated heterocycles. The van der Waals surface area contributed by atoms with E-state index in [1.807, 2.05) is 0 Å². The number of benzene rings is 1. The topological polar surface area (TPSA) is 131 Å². The Kier molecular flexibility index (Phi) is 5.54. The van der Waals surface area contributed by atoms with Crippen LogP contribution >= 0.6 is 0 Å². The molecule has 0 radical (unpaired) electrons. The van der Waals surface area contributed by atoms with Crippen LogP contribution in [-0.4, -0.2) is 56.1 Å². The highest BCUT2D eigenvalue weighted by atomic mass is 16.5. The largest absolute Gasteiger partial charge is 0.508 e. The van der Waals surface area contributed by atoms with Gasteiger partial charge in [-0.15, -0.1) is 0 Å². The zero-order chi connectivity index (χ0) is 19.6. The van der Waals surface area contributed by atoms with Crippen molar-refractivity contribution in [2.75, 3.05) is 13.2 Å². The van der Waals surface area contributed by atoms with Gasteiger partial charge < -0.3 is 24.8 Å². The number of nitrogens with zero attached hydrogens (tertiary/aromatic N) is 2. The van der Waals surface area contributed by atoms with E-state index in [4.69, 9.17) is 14.6 Å². The van der Waals surface area contributed by atoms with Crippen molar-refractivity contribution in [1.29, 1.82) is 0 Å². The standard InChI is InChI=1S/C18H20N2O7/c1-10-7-20(16-6-13(23)15(8-21)27-16)18(25)19-17(10)26-9-14(24)11-2-4-12(22)5-3-11/h2-5,7,13,15-16,21-23H,6,8-9H2,1H3/t13-,15+,16+/m0/s1. The molecule has 3 rings (SSSR count). The van der Waals surface area contributed by atoms with Crippen LogP contribution in [0.3, 0.4) is 0 Å². The van der Waals surface area contributed by atoms with Crippen molar-refractivity contribution in [2.24, 2.45) is 0 Å². The number of phenolic OH excluding ortho intramolecular Hbond substituents is 1. The van der Waals surface area contributed by atoms with E-state index in [0.717, 1.165) is 0 Å². The number of aryl methyl sites for hydroxylation is 1. The van der Waals surface area contributed by atoms with E-state index in [1.54, 1.807) is 6.92 Å². The number of hydrogen-bond acceptors (Lipinski definition) is 8. The fraction of sp³-hybridized carbons (Fsp3) is 0.389. The second kappa shape index (κ2) is 7.87. The van der Waals surface area contributed by atoms with Gasteiger partial charge in [0.25, 0.3) is 0 Å². The first-order chi connectivity index (χ1) is 12.9. The zero-order valence-corrected chi connectivity index (χ0v) is 14.6. The summed E-state index contributed by atoms with van der Waals surface area (Å²) in [6.45, 7) is 1.00. The quantitative estimate of drug-likeness (QED) is 0.608. The van der Waals surface area contributed by atoms with Crippen LogP contribution < -0.4 is 10.4 Å². The summed E-state index contributed by atoms with van der Waals surface area (Å²) in [5.41, 5.74) is 0.226. The lowest BCUT2D eigenvalue weighted by Gasteiger charge is -2.16. The molecule has 9 heteroatoms. The summed E-state index contributed by atoms with van der Waals surface area (Å²) in [6.07, 6.45) is -0.714. The lowest BCUT2D eigenvalue weighted by molar-refractivity contribution is -0.0460. The molecule has 1 aromatic heterocycles. The molecular formula is C18H20N2O7. The maximum Gasteiger partial charge on any atom is 0.352 e. The van der Waals surface area contributed by atoms with Gasteiger partial charge in [0.2, 0.25) is 5.88 Å². The Morgan fingerprint density at radius 1 is 1.37 bits per heavy atom. The zero-order valence-electron chi connectivity index (χ0n) is 14.6. The Balaban J connectivity index is 1.71. The van der Waals surface area contributed by atoms with Crippen LogP contribution in [0.15, 0.2) is 35.3 Å². The first kappa shape index (κ1) is 19.0. The molecule has 27 heavy (non-hydrogen) atoms. The van der Waals surface area contributed by atoms with E-state index in [1.165, 1.54) is 35.0 Å². The molecular weight excluding hydrogens is 356 g/mol. The van der Waals surface area contributed by atoms with Crippen LogP contribution in [0.2, 0.25) is 0 Å². The number of ether oxygens (including phenoxy) is 2. The highest BCUT2D eigenvalue weighted by Gasteiger charge is 2.35. The van der Waals surface area contributed by atoms with E-state index in [9.17, 15) is 19.8 Å². The van der Waals surface area contributed by atoms with Crippen LogP contribution in [0.5, 0.6) is 11.6 Å². The number of rotatable bonds is 6. The number of carbonyl (C=O) groups is 1. The van der Waals surface area contributed by atoms with Gasteiger partial charge in [-0.1, -0.05) is 0 Å². The molecule has 0 spiro atoms. The fourth-order valence-electron chi connectivity index (χ4n) is 2.82. The van der Waals surface area contributed by atoms with Gasteiger partial charge in [0.05, 0.1) is 12.7 Å². The van der Waals surface area contributed by atoms with Gasteiger partial charge in [0.15, 0.2) is 12.4 Å². The average molecular weight is 376 g/mol. The molecule has 0 saturated carbocycles. The van der Waals surface area contributed by atoms with Crippen LogP contribution in [0, 0.1) is 6.92 Å². The second-order valence-corrected chi connectivity index (χ2v) is 6.29. The number of aromatic hydroxyl groups is 1.